The number of carbonyl (C=O) groups excluding carboxylic acids is 1. The molecule has 0 radical (unpaired) electrons. The van der Waals surface area contributed by atoms with Gasteiger partial charge in [0.1, 0.15) is 0 Å². The number of carbonyl (C=O) groups is 1. The Hall–Kier alpha value is -1.44. The van der Waals surface area contributed by atoms with Crippen LogP contribution in [0, 0.1) is 0 Å². The summed E-state index contributed by atoms with van der Waals surface area (Å²) in [5.74, 6) is 0.0656. The molecule has 2 heterocycles. The molecule has 1 fully saturated rings. The van der Waals surface area contributed by atoms with Gasteiger partial charge in [-0.3, -0.25) is 4.79 Å². The number of anilines is 1. The lowest BCUT2D eigenvalue weighted by atomic mass is 10.2. The number of sulfonamides is 1. The fourth-order valence-electron chi connectivity index (χ4n) is 3.09. The molecule has 1 amide bonds. The van der Waals surface area contributed by atoms with E-state index in [9.17, 15) is 13.2 Å². The molecule has 0 saturated carbocycles. The Morgan fingerprint density at radius 2 is 2.26 bits per heavy atom. The minimum absolute atomic E-state index is 0.0307. The fraction of sp³-hybridized carbons (Fsp3) is 0.562. The molecule has 0 aromatic heterocycles. The Labute approximate surface area is 136 Å². The van der Waals surface area contributed by atoms with Crippen LogP contribution in [0.3, 0.4) is 0 Å². The zero-order valence-electron chi connectivity index (χ0n) is 13.2. The summed E-state index contributed by atoms with van der Waals surface area (Å²) in [5.41, 5.74) is 1.74. The van der Waals surface area contributed by atoms with Crippen molar-refractivity contribution in [1.29, 1.82) is 0 Å². The van der Waals surface area contributed by atoms with E-state index in [0.717, 1.165) is 24.1 Å². The van der Waals surface area contributed by atoms with Crippen LogP contribution in [0.2, 0.25) is 0 Å². The standard InChI is InChI=1S/C16H22N2O4S/c1-2-16(19)18-8-7-12-10-14(5-6-15(12)18)23(20,21)17-11-13-4-3-9-22-13/h5-6,10,13,17H,2-4,7-9,11H2,1H3. The first-order valence-corrected chi connectivity index (χ1v) is 9.54. The molecule has 1 N–H and O–H groups in total. The van der Waals surface area contributed by atoms with Gasteiger partial charge in [-0.1, -0.05) is 6.92 Å². The Kier molecular flexibility index (Phi) is 4.70. The van der Waals surface area contributed by atoms with Gasteiger partial charge in [-0.25, -0.2) is 13.1 Å². The maximum absolute atomic E-state index is 12.4. The molecule has 1 atom stereocenters. The van der Waals surface area contributed by atoms with Crippen molar-refractivity contribution in [3.63, 3.8) is 0 Å². The fourth-order valence-corrected chi connectivity index (χ4v) is 4.20. The molecule has 2 aliphatic heterocycles. The highest BCUT2D eigenvalue weighted by atomic mass is 32.2. The Balaban J connectivity index is 1.75. The molecule has 0 spiro atoms. The minimum Gasteiger partial charge on any atom is -0.377 e. The summed E-state index contributed by atoms with van der Waals surface area (Å²) in [6.07, 6.45) is 2.98. The van der Waals surface area contributed by atoms with E-state index in [4.69, 9.17) is 4.74 Å². The van der Waals surface area contributed by atoms with Crippen molar-refractivity contribution >= 4 is 21.6 Å². The second-order valence-electron chi connectivity index (χ2n) is 5.93. The summed E-state index contributed by atoms with van der Waals surface area (Å²) in [4.78, 5) is 13.9. The van der Waals surface area contributed by atoms with Crippen LogP contribution < -0.4 is 9.62 Å². The van der Waals surface area contributed by atoms with Crippen LogP contribution in [0.1, 0.15) is 31.7 Å². The second kappa shape index (κ2) is 6.59. The quantitative estimate of drug-likeness (QED) is 0.881. The predicted molar refractivity (Wildman–Crippen MR) is 87.0 cm³/mol. The van der Waals surface area contributed by atoms with Crippen LogP contribution in [0.15, 0.2) is 23.1 Å². The van der Waals surface area contributed by atoms with Crippen LogP contribution in [0.25, 0.3) is 0 Å². The van der Waals surface area contributed by atoms with Crippen LogP contribution in [0.5, 0.6) is 0 Å². The number of nitrogens with one attached hydrogen (secondary N) is 1. The SMILES string of the molecule is CCC(=O)N1CCc2cc(S(=O)(=O)NCC3CCCO3)ccc21. The van der Waals surface area contributed by atoms with E-state index in [1.54, 1.807) is 23.1 Å². The van der Waals surface area contributed by atoms with E-state index in [0.29, 0.717) is 32.5 Å². The average molecular weight is 338 g/mol. The molecule has 1 unspecified atom stereocenters. The van der Waals surface area contributed by atoms with Crippen molar-refractivity contribution in [3.8, 4) is 0 Å². The van der Waals surface area contributed by atoms with Crippen LogP contribution in [0.4, 0.5) is 5.69 Å². The largest absolute Gasteiger partial charge is 0.377 e. The summed E-state index contributed by atoms with van der Waals surface area (Å²) in [5, 5.41) is 0. The first-order valence-electron chi connectivity index (χ1n) is 8.06. The lowest BCUT2D eigenvalue weighted by Gasteiger charge is -2.17. The van der Waals surface area contributed by atoms with E-state index in [1.165, 1.54) is 0 Å². The molecule has 0 bridgehead atoms. The van der Waals surface area contributed by atoms with Crippen molar-refractivity contribution in [3.05, 3.63) is 23.8 Å². The molecule has 1 aromatic carbocycles. The molecule has 126 valence electrons. The highest BCUT2D eigenvalue weighted by Gasteiger charge is 2.26. The molecule has 7 heteroatoms. The molecular weight excluding hydrogens is 316 g/mol. The van der Waals surface area contributed by atoms with Crippen molar-refractivity contribution in [2.45, 2.75) is 43.6 Å². The zero-order chi connectivity index (χ0) is 16.4. The van der Waals surface area contributed by atoms with Crippen LogP contribution >= 0.6 is 0 Å². The van der Waals surface area contributed by atoms with Crippen molar-refractivity contribution in [2.75, 3.05) is 24.6 Å². The van der Waals surface area contributed by atoms with E-state index in [1.807, 2.05) is 6.92 Å². The van der Waals surface area contributed by atoms with E-state index in [2.05, 4.69) is 4.72 Å². The minimum atomic E-state index is -3.55. The Morgan fingerprint density at radius 3 is 2.96 bits per heavy atom. The monoisotopic (exact) mass is 338 g/mol. The zero-order valence-corrected chi connectivity index (χ0v) is 14.1. The number of amides is 1. The van der Waals surface area contributed by atoms with Crippen LogP contribution in [-0.2, 0) is 26.0 Å². The normalized spacial score (nSPS) is 20.7. The third-order valence-corrected chi connectivity index (χ3v) is 5.81. The lowest BCUT2D eigenvalue weighted by Crippen LogP contribution is -2.32. The smallest absolute Gasteiger partial charge is 0.240 e. The van der Waals surface area contributed by atoms with Gasteiger partial charge in [0, 0.05) is 31.8 Å². The van der Waals surface area contributed by atoms with E-state index < -0.39 is 10.0 Å². The molecule has 2 aliphatic rings. The Bertz CT molecular complexity index is 696. The summed E-state index contributed by atoms with van der Waals surface area (Å²) >= 11 is 0. The predicted octanol–water partition coefficient (Wildman–Crippen LogP) is 1.44. The molecule has 3 rings (SSSR count). The van der Waals surface area contributed by atoms with Crippen molar-refractivity contribution in [2.24, 2.45) is 0 Å². The number of hydrogen-bond acceptors (Lipinski definition) is 4. The van der Waals surface area contributed by atoms with Gasteiger partial charge in [0.2, 0.25) is 15.9 Å². The van der Waals surface area contributed by atoms with Crippen molar-refractivity contribution < 1.29 is 17.9 Å². The Morgan fingerprint density at radius 1 is 1.43 bits per heavy atom. The first kappa shape index (κ1) is 16.4. The van der Waals surface area contributed by atoms with Gasteiger partial charge >= 0.3 is 0 Å². The third-order valence-electron chi connectivity index (χ3n) is 4.39. The van der Waals surface area contributed by atoms with Gasteiger partial charge in [-0.15, -0.1) is 0 Å². The lowest BCUT2D eigenvalue weighted by molar-refractivity contribution is -0.118. The highest BCUT2D eigenvalue weighted by Crippen LogP contribution is 2.30. The number of rotatable bonds is 5. The van der Waals surface area contributed by atoms with Gasteiger partial charge < -0.3 is 9.64 Å². The number of nitrogens with zero attached hydrogens (tertiary/aromatic N) is 1. The topological polar surface area (TPSA) is 75.7 Å². The van der Waals surface area contributed by atoms with Gasteiger partial charge in [0.05, 0.1) is 11.0 Å². The maximum Gasteiger partial charge on any atom is 0.240 e. The highest BCUT2D eigenvalue weighted by molar-refractivity contribution is 7.89. The summed E-state index contributed by atoms with van der Waals surface area (Å²) in [6.45, 7) is 3.45. The third kappa shape index (κ3) is 3.41. The van der Waals surface area contributed by atoms with E-state index >= 15 is 0 Å². The number of benzene rings is 1. The molecule has 1 aromatic rings. The molecule has 0 aliphatic carbocycles. The molecule has 1 saturated heterocycles. The maximum atomic E-state index is 12.4. The number of fused-ring (bicyclic) bond motifs is 1. The van der Waals surface area contributed by atoms with Gasteiger partial charge in [0.25, 0.3) is 0 Å². The number of ether oxygens (including phenoxy) is 1. The van der Waals surface area contributed by atoms with Crippen molar-refractivity contribution in [1.82, 2.24) is 4.72 Å². The van der Waals surface area contributed by atoms with E-state index in [-0.39, 0.29) is 16.9 Å². The summed E-state index contributed by atoms with van der Waals surface area (Å²) in [6, 6.07) is 4.98. The van der Waals surface area contributed by atoms with Gasteiger partial charge in [-0.2, -0.15) is 0 Å². The number of hydrogen-bond donors (Lipinski definition) is 1. The van der Waals surface area contributed by atoms with Gasteiger partial charge in [0.15, 0.2) is 0 Å². The summed E-state index contributed by atoms with van der Waals surface area (Å²) < 4.78 is 32.9. The summed E-state index contributed by atoms with van der Waals surface area (Å²) in [7, 11) is -3.55. The second-order valence-corrected chi connectivity index (χ2v) is 7.69. The van der Waals surface area contributed by atoms with Gasteiger partial charge in [-0.05, 0) is 43.0 Å². The first-order chi connectivity index (χ1) is 11.0. The average Bonchev–Trinajstić information content (AvgIpc) is 3.21. The molecule has 6 nitrogen and oxygen atoms in total. The van der Waals surface area contributed by atoms with Crippen LogP contribution in [-0.4, -0.2) is 40.1 Å². The molecular formula is C16H22N2O4S. The molecule has 23 heavy (non-hydrogen) atoms.